The molecule has 6 nitrogen and oxygen atoms in total. The molecule has 0 spiro atoms. The van der Waals surface area contributed by atoms with Gasteiger partial charge in [0, 0.05) is 34.6 Å². The molecule has 4 N–H and O–H groups in total. The van der Waals surface area contributed by atoms with Gasteiger partial charge in [-0.1, -0.05) is 24.3 Å². The molecular weight excluding hydrogens is 330 g/mol. The van der Waals surface area contributed by atoms with E-state index in [1.54, 1.807) is 6.20 Å². The van der Waals surface area contributed by atoms with E-state index in [0.29, 0.717) is 11.3 Å². The fraction of sp³-hybridized carbons (Fsp3) is 0.100. The summed E-state index contributed by atoms with van der Waals surface area (Å²) in [4.78, 5) is 19.1. The number of aromatic carboxylic acids is 1. The predicted molar refractivity (Wildman–Crippen MR) is 101 cm³/mol. The number of hydrogen-bond acceptors (Lipinski definition) is 4. The van der Waals surface area contributed by atoms with Crippen LogP contribution < -0.4 is 5.73 Å². The maximum atomic E-state index is 11.7. The lowest BCUT2D eigenvalue weighted by atomic mass is 9.97. The molecule has 130 valence electrons. The van der Waals surface area contributed by atoms with Crippen LogP contribution in [-0.4, -0.2) is 28.2 Å². The van der Waals surface area contributed by atoms with Crippen molar-refractivity contribution in [3.05, 3.63) is 59.9 Å². The Hall–Kier alpha value is -3.38. The summed E-state index contributed by atoms with van der Waals surface area (Å²) in [6.45, 7) is 0.157. The summed E-state index contributed by atoms with van der Waals surface area (Å²) < 4.78 is 5.27. The number of aromatic nitrogens is 2. The number of carboxylic acid groups (broad SMARTS) is 1. The zero-order chi connectivity index (χ0) is 18.3. The number of carbonyl (C=O) groups is 1. The molecule has 0 aliphatic heterocycles. The molecule has 4 aromatic rings. The zero-order valence-electron chi connectivity index (χ0n) is 14.1. The molecule has 0 aliphatic rings. The van der Waals surface area contributed by atoms with E-state index in [0.717, 1.165) is 32.9 Å². The fourth-order valence-corrected chi connectivity index (χ4v) is 3.42. The average molecular weight is 347 g/mol. The van der Waals surface area contributed by atoms with Gasteiger partial charge in [0.05, 0.1) is 18.3 Å². The van der Waals surface area contributed by atoms with Crippen molar-refractivity contribution in [1.82, 2.24) is 9.97 Å². The van der Waals surface area contributed by atoms with Crippen LogP contribution in [0.4, 0.5) is 5.69 Å². The maximum Gasteiger partial charge on any atom is 0.354 e. The van der Waals surface area contributed by atoms with Gasteiger partial charge in [0.25, 0.3) is 0 Å². The summed E-state index contributed by atoms with van der Waals surface area (Å²) in [5, 5.41) is 11.3. The summed E-state index contributed by atoms with van der Waals surface area (Å²) in [6, 6.07) is 13.5. The van der Waals surface area contributed by atoms with Gasteiger partial charge in [-0.3, -0.25) is 0 Å². The minimum atomic E-state index is -1.07. The van der Waals surface area contributed by atoms with Gasteiger partial charge in [-0.15, -0.1) is 0 Å². The minimum Gasteiger partial charge on any atom is -0.477 e. The number of rotatable bonds is 4. The number of nitrogens with two attached hydrogens (primary N) is 1. The van der Waals surface area contributed by atoms with Crippen molar-refractivity contribution in [2.24, 2.45) is 0 Å². The molecule has 2 aromatic heterocycles. The van der Waals surface area contributed by atoms with E-state index >= 15 is 0 Å². The molecule has 26 heavy (non-hydrogen) atoms. The first-order valence-corrected chi connectivity index (χ1v) is 8.10. The van der Waals surface area contributed by atoms with Crippen LogP contribution in [0.5, 0.6) is 0 Å². The van der Waals surface area contributed by atoms with E-state index in [2.05, 4.69) is 9.97 Å². The lowest BCUT2D eigenvalue weighted by Crippen LogP contribution is -2.07. The van der Waals surface area contributed by atoms with E-state index in [4.69, 9.17) is 10.5 Å². The summed E-state index contributed by atoms with van der Waals surface area (Å²) in [5.74, 6) is -1.07. The van der Waals surface area contributed by atoms with Crippen LogP contribution in [0.2, 0.25) is 0 Å². The highest BCUT2D eigenvalue weighted by Gasteiger charge is 2.20. The minimum absolute atomic E-state index is 0.00243. The second-order valence-corrected chi connectivity index (χ2v) is 6.09. The number of fused-ring (bicyclic) bond motifs is 3. The highest BCUT2D eigenvalue weighted by molar-refractivity contribution is 6.16. The van der Waals surface area contributed by atoms with Crippen molar-refractivity contribution < 1.29 is 14.6 Å². The van der Waals surface area contributed by atoms with Crippen LogP contribution in [0, 0.1) is 0 Å². The molecule has 0 aliphatic carbocycles. The lowest BCUT2D eigenvalue weighted by Gasteiger charge is -2.09. The van der Waals surface area contributed by atoms with Crippen LogP contribution in [0.25, 0.3) is 32.9 Å². The van der Waals surface area contributed by atoms with Crippen LogP contribution in [0.15, 0.2) is 48.7 Å². The summed E-state index contributed by atoms with van der Waals surface area (Å²) in [7, 11) is 1.54. The third-order valence-electron chi connectivity index (χ3n) is 4.45. The molecule has 0 saturated carbocycles. The molecule has 6 heteroatoms. The van der Waals surface area contributed by atoms with Crippen LogP contribution in [0.1, 0.15) is 16.1 Å². The SMILES string of the molecule is COCc1c(C(=O)O)ncc2[nH]c3cccc(-c4cccc(N)c4)c3c12. The third-order valence-corrected chi connectivity index (χ3v) is 4.45. The summed E-state index contributed by atoms with van der Waals surface area (Å²) in [5.41, 5.74) is 10.8. The molecule has 2 heterocycles. The number of H-pyrrole nitrogens is 1. The highest BCUT2D eigenvalue weighted by Crippen LogP contribution is 2.37. The third kappa shape index (κ3) is 2.48. The molecule has 0 bridgehead atoms. The second kappa shape index (κ2) is 6.16. The molecule has 0 fully saturated rings. The predicted octanol–water partition coefficient (Wildman–Crippen LogP) is 3.81. The smallest absolute Gasteiger partial charge is 0.354 e. The number of anilines is 1. The van der Waals surface area contributed by atoms with Gasteiger partial charge in [-0.05, 0) is 29.3 Å². The first kappa shape index (κ1) is 16.1. The van der Waals surface area contributed by atoms with Gasteiger partial charge in [0.1, 0.15) is 0 Å². The first-order chi connectivity index (χ1) is 12.6. The number of benzene rings is 2. The summed E-state index contributed by atoms with van der Waals surface area (Å²) in [6.07, 6.45) is 1.56. The topological polar surface area (TPSA) is 101 Å². The molecule has 0 saturated heterocycles. The van der Waals surface area contributed by atoms with Gasteiger partial charge in [0.2, 0.25) is 0 Å². The number of nitrogens with one attached hydrogen (secondary N) is 1. The number of hydrogen-bond donors (Lipinski definition) is 3. The Morgan fingerprint density at radius 2 is 2.00 bits per heavy atom. The Bertz CT molecular complexity index is 1150. The molecule has 0 unspecified atom stereocenters. The number of nitrogens with zero attached hydrogens (tertiary/aromatic N) is 1. The van der Waals surface area contributed by atoms with Gasteiger partial charge < -0.3 is 20.6 Å². The Labute approximate surface area is 149 Å². The number of nitrogen functional groups attached to an aromatic ring is 1. The Balaban J connectivity index is 2.15. The van der Waals surface area contributed by atoms with E-state index in [1.165, 1.54) is 7.11 Å². The number of carboxylic acids is 1. The molecular formula is C20H17N3O3. The van der Waals surface area contributed by atoms with Gasteiger partial charge >= 0.3 is 5.97 Å². The van der Waals surface area contributed by atoms with Crippen molar-refractivity contribution >= 4 is 33.5 Å². The van der Waals surface area contributed by atoms with E-state index in [-0.39, 0.29) is 12.3 Å². The van der Waals surface area contributed by atoms with Gasteiger partial charge in [0.15, 0.2) is 5.69 Å². The standard InChI is InChI=1S/C20H17N3O3/c1-26-10-14-18-16(9-22-19(14)20(24)25)23-15-7-3-6-13(17(15)18)11-4-2-5-12(21)8-11/h2-9,23H,10,21H2,1H3,(H,24,25). The Kier molecular flexibility index (Phi) is 3.82. The number of methoxy groups -OCH3 is 1. The van der Waals surface area contributed by atoms with Gasteiger partial charge in [-0.2, -0.15) is 0 Å². The van der Waals surface area contributed by atoms with Crippen molar-refractivity contribution in [3.63, 3.8) is 0 Å². The average Bonchev–Trinajstić information content (AvgIpc) is 3.01. The summed E-state index contributed by atoms with van der Waals surface area (Å²) >= 11 is 0. The van der Waals surface area contributed by atoms with E-state index in [9.17, 15) is 9.90 Å². The number of ether oxygens (including phenoxy) is 1. The largest absolute Gasteiger partial charge is 0.477 e. The molecule has 0 amide bonds. The Morgan fingerprint density at radius 1 is 1.19 bits per heavy atom. The number of aromatic amines is 1. The van der Waals surface area contributed by atoms with Crippen molar-refractivity contribution in [2.45, 2.75) is 6.61 Å². The molecule has 4 rings (SSSR count). The number of pyridine rings is 1. The van der Waals surface area contributed by atoms with E-state index < -0.39 is 5.97 Å². The maximum absolute atomic E-state index is 11.7. The Morgan fingerprint density at radius 3 is 2.73 bits per heavy atom. The van der Waals surface area contributed by atoms with Crippen LogP contribution in [0.3, 0.4) is 0 Å². The van der Waals surface area contributed by atoms with Crippen LogP contribution in [-0.2, 0) is 11.3 Å². The quantitative estimate of drug-likeness (QED) is 0.487. The van der Waals surface area contributed by atoms with Crippen LogP contribution >= 0.6 is 0 Å². The fourth-order valence-electron chi connectivity index (χ4n) is 3.42. The van der Waals surface area contributed by atoms with Crippen molar-refractivity contribution in [3.8, 4) is 11.1 Å². The second-order valence-electron chi connectivity index (χ2n) is 6.09. The van der Waals surface area contributed by atoms with Crippen molar-refractivity contribution in [2.75, 3.05) is 12.8 Å². The van der Waals surface area contributed by atoms with Gasteiger partial charge in [-0.25, -0.2) is 9.78 Å². The highest BCUT2D eigenvalue weighted by atomic mass is 16.5. The normalized spacial score (nSPS) is 11.3. The zero-order valence-corrected chi connectivity index (χ0v) is 14.1. The molecule has 0 atom stereocenters. The van der Waals surface area contributed by atoms with Crippen molar-refractivity contribution in [1.29, 1.82) is 0 Å². The molecule has 2 aromatic carbocycles. The van der Waals surface area contributed by atoms with E-state index in [1.807, 2.05) is 42.5 Å². The molecule has 0 radical (unpaired) electrons. The monoisotopic (exact) mass is 347 g/mol. The first-order valence-electron chi connectivity index (χ1n) is 8.10. The lowest BCUT2D eigenvalue weighted by molar-refractivity contribution is 0.0685.